The summed E-state index contributed by atoms with van der Waals surface area (Å²) < 4.78 is 70.3. The van der Waals surface area contributed by atoms with E-state index in [1.165, 1.54) is 52.8 Å². The van der Waals surface area contributed by atoms with Crippen molar-refractivity contribution in [1.29, 1.82) is 0 Å². The van der Waals surface area contributed by atoms with Crippen LogP contribution in [-0.4, -0.2) is 25.2 Å². The maximum atomic E-state index is 14.3. The number of Topliss-reactive ketones (excluding diaryl/α,β-unsaturated/α-hetero) is 1. The molecule has 0 saturated carbocycles. The van der Waals surface area contributed by atoms with Crippen LogP contribution in [0.3, 0.4) is 0 Å². The van der Waals surface area contributed by atoms with E-state index >= 15 is 0 Å². The number of hydrogen-bond acceptors (Lipinski definition) is 5. The number of ketones is 1. The molecule has 1 atom stereocenters. The average Bonchev–Trinajstić information content (AvgIpc) is 2.51. The van der Waals surface area contributed by atoms with E-state index in [1.807, 2.05) is 0 Å². The van der Waals surface area contributed by atoms with Crippen LogP contribution in [0.5, 0.6) is 0 Å². The number of carbonyl (C=O) groups is 1. The normalized spacial score (nSPS) is 15.5. The van der Waals surface area contributed by atoms with Crippen molar-refractivity contribution < 1.29 is 36.1 Å². The number of rotatable bonds is 8. The van der Waals surface area contributed by atoms with Gasteiger partial charge >= 0.3 is 14.0 Å². The van der Waals surface area contributed by atoms with Crippen LogP contribution in [0, 0.1) is 5.41 Å². The molecule has 0 heterocycles. The highest BCUT2D eigenvalue weighted by Crippen LogP contribution is 2.60. The molecule has 0 aromatic heterocycles. The Balaban J connectivity index is 3.74. The van der Waals surface area contributed by atoms with Gasteiger partial charge in [-0.3, -0.25) is 18.4 Å². The smallest absolute Gasteiger partial charge is 0.295 e. The lowest BCUT2D eigenvalue weighted by Gasteiger charge is -2.39. The molecule has 1 aromatic carbocycles. The van der Waals surface area contributed by atoms with Crippen molar-refractivity contribution in [2.75, 3.05) is 13.2 Å². The number of alkyl halides is 3. The Hall–Kier alpha value is -1.21. The predicted molar refractivity (Wildman–Crippen MR) is 90.6 cm³/mol. The summed E-state index contributed by atoms with van der Waals surface area (Å²) in [5, 5.41) is 0. The van der Waals surface area contributed by atoms with Gasteiger partial charge in [-0.2, -0.15) is 13.2 Å². The van der Waals surface area contributed by atoms with Gasteiger partial charge in [-0.25, -0.2) is 4.57 Å². The summed E-state index contributed by atoms with van der Waals surface area (Å²) >= 11 is 0. The van der Waals surface area contributed by atoms with E-state index in [9.17, 15) is 22.5 Å². The molecule has 0 saturated heterocycles. The number of halogens is 3. The SMILES string of the molecule is CCOP(=O)(OCC)OC(C(=O)C(C)(C)C)(c1ccccc1)C(F)(F)F. The summed E-state index contributed by atoms with van der Waals surface area (Å²) in [5.41, 5.74) is -5.44. The van der Waals surface area contributed by atoms with E-state index in [-0.39, 0.29) is 13.2 Å². The minimum atomic E-state index is -5.21. The second-order valence-corrected chi connectivity index (χ2v) is 8.09. The molecule has 0 aliphatic heterocycles. The van der Waals surface area contributed by atoms with Gasteiger partial charge < -0.3 is 0 Å². The number of benzene rings is 1. The van der Waals surface area contributed by atoms with E-state index in [4.69, 9.17) is 13.6 Å². The second kappa shape index (κ2) is 8.21. The third kappa shape index (κ3) is 4.74. The monoisotopic (exact) mass is 396 g/mol. The Labute approximate surface area is 151 Å². The van der Waals surface area contributed by atoms with Crippen LogP contribution in [0.15, 0.2) is 30.3 Å². The Bertz CT molecular complexity index is 645. The van der Waals surface area contributed by atoms with E-state index in [1.54, 1.807) is 0 Å². The van der Waals surface area contributed by atoms with Crippen LogP contribution in [0.25, 0.3) is 0 Å². The molecule has 0 bridgehead atoms. The average molecular weight is 396 g/mol. The molecule has 0 amide bonds. The highest BCUT2D eigenvalue weighted by atomic mass is 31.2. The van der Waals surface area contributed by atoms with Gasteiger partial charge in [-0.1, -0.05) is 51.1 Å². The third-order valence-electron chi connectivity index (χ3n) is 3.40. The molecule has 26 heavy (non-hydrogen) atoms. The Morgan fingerprint density at radius 1 is 1.00 bits per heavy atom. The molecule has 0 spiro atoms. The zero-order chi connectivity index (χ0) is 20.2. The van der Waals surface area contributed by atoms with Crippen molar-refractivity contribution >= 4 is 13.6 Å². The molecule has 0 aliphatic rings. The Kier molecular flexibility index (Phi) is 7.21. The van der Waals surface area contributed by atoms with E-state index in [0.717, 1.165) is 12.1 Å². The molecule has 0 aliphatic carbocycles. The molecule has 0 fully saturated rings. The van der Waals surface area contributed by atoms with Crippen molar-refractivity contribution in [3.05, 3.63) is 35.9 Å². The molecule has 5 nitrogen and oxygen atoms in total. The zero-order valence-electron chi connectivity index (χ0n) is 15.4. The number of hydrogen-bond donors (Lipinski definition) is 0. The van der Waals surface area contributed by atoms with E-state index < -0.39 is 36.4 Å². The standard InChI is InChI=1S/C17H24F3O5P/c1-6-23-26(22,24-7-2)25-16(17(18,19)20,14(21)15(3,4)5)13-11-9-8-10-12-13/h8-12H,6-7H2,1-5H3. The molecule has 9 heteroatoms. The second-order valence-electron chi connectivity index (χ2n) is 6.50. The quantitative estimate of drug-likeness (QED) is 0.561. The van der Waals surface area contributed by atoms with Crippen LogP contribution in [0.4, 0.5) is 13.2 Å². The fourth-order valence-corrected chi connectivity index (χ4v) is 3.78. The number of carbonyl (C=O) groups excluding carboxylic acids is 1. The zero-order valence-corrected chi connectivity index (χ0v) is 16.3. The van der Waals surface area contributed by atoms with Gasteiger partial charge in [0.1, 0.15) is 0 Å². The Morgan fingerprint density at radius 3 is 1.81 bits per heavy atom. The van der Waals surface area contributed by atoms with Crippen molar-refractivity contribution in [1.82, 2.24) is 0 Å². The van der Waals surface area contributed by atoms with Crippen LogP contribution in [0.2, 0.25) is 0 Å². The first kappa shape index (κ1) is 22.8. The van der Waals surface area contributed by atoms with Crippen LogP contribution in [-0.2, 0) is 28.5 Å². The maximum Gasteiger partial charge on any atom is 0.476 e. The van der Waals surface area contributed by atoms with E-state index in [0.29, 0.717) is 0 Å². The minimum absolute atomic E-state index is 0.219. The Morgan fingerprint density at radius 2 is 1.46 bits per heavy atom. The van der Waals surface area contributed by atoms with Crippen molar-refractivity contribution in [3.63, 3.8) is 0 Å². The molecule has 0 radical (unpaired) electrons. The van der Waals surface area contributed by atoms with Gasteiger partial charge in [0.05, 0.1) is 13.2 Å². The number of phosphoric ester groups is 1. The lowest BCUT2D eigenvalue weighted by Crippen LogP contribution is -2.55. The molecule has 1 aromatic rings. The fraction of sp³-hybridized carbons (Fsp3) is 0.588. The third-order valence-corrected chi connectivity index (χ3v) is 5.05. The first-order chi connectivity index (χ1) is 11.8. The van der Waals surface area contributed by atoms with Crippen LogP contribution in [0.1, 0.15) is 40.2 Å². The summed E-state index contributed by atoms with van der Waals surface area (Å²) in [6.45, 7) is 6.40. The predicted octanol–water partition coefficient (Wildman–Crippen LogP) is 5.26. The summed E-state index contributed by atoms with van der Waals surface area (Å²) in [5.74, 6) is -1.30. The van der Waals surface area contributed by atoms with Gasteiger partial charge in [-0.15, -0.1) is 0 Å². The molecule has 0 N–H and O–H groups in total. The first-order valence-electron chi connectivity index (χ1n) is 8.11. The number of phosphoric acid groups is 1. The molecular weight excluding hydrogens is 372 g/mol. The molecular formula is C17H24F3O5P. The minimum Gasteiger partial charge on any atom is -0.295 e. The van der Waals surface area contributed by atoms with Gasteiger partial charge in [0, 0.05) is 11.0 Å². The lowest BCUT2D eigenvalue weighted by atomic mass is 9.76. The molecule has 148 valence electrons. The maximum absolute atomic E-state index is 14.3. The van der Waals surface area contributed by atoms with Crippen LogP contribution < -0.4 is 0 Å². The van der Waals surface area contributed by atoms with Crippen LogP contribution >= 0.6 is 7.82 Å². The van der Waals surface area contributed by atoms with Gasteiger partial charge in [-0.05, 0) is 13.8 Å². The summed E-state index contributed by atoms with van der Waals surface area (Å²) in [6.07, 6.45) is -5.21. The van der Waals surface area contributed by atoms with Gasteiger partial charge in [0.2, 0.25) is 0 Å². The molecule has 1 rings (SSSR count). The topological polar surface area (TPSA) is 61.8 Å². The highest BCUT2D eigenvalue weighted by Gasteiger charge is 2.67. The van der Waals surface area contributed by atoms with Crippen molar-refractivity contribution in [3.8, 4) is 0 Å². The lowest BCUT2D eigenvalue weighted by molar-refractivity contribution is -0.254. The summed E-state index contributed by atoms with van der Waals surface area (Å²) in [6, 6.07) is 6.36. The first-order valence-corrected chi connectivity index (χ1v) is 9.57. The van der Waals surface area contributed by atoms with Crippen molar-refractivity contribution in [2.45, 2.75) is 46.4 Å². The van der Waals surface area contributed by atoms with Gasteiger partial charge in [0.15, 0.2) is 5.78 Å². The fourth-order valence-electron chi connectivity index (χ4n) is 2.34. The summed E-state index contributed by atoms with van der Waals surface area (Å²) in [7, 11) is -4.67. The molecule has 1 unspecified atom stereocenters. The van der Waals surface area contributed by atoms with Gasteiger partial charge in [0.25, 0.3) is 5.60 Å². The van der Waals surface area contributed by atoms with Crippen molar-refractivity contribution in [2.24, 2.45) is 5.41 Å². The summed E-state index contributed by atoms with van der Waals surface area (Å²) in [4.78, 5) is 12.9. The highest BCUT2D eigenvalue weighted by molar-refractivity contribution is 7.48. The van der Waals surface area contributed by atoms with E-state index in [2.05, 4.69) is 0 Å². The largest absolute Gasteiger partial charge is 0.476 e.